The quantitative estimate of drug-likeness (QED) is 0.751. The van der Waals surface area contributed by atoms with Crippen LogP contribution in [-0.2, 0) is 0 Å². The van der Waals surface area contributed by atoms with E-state index in [1.165, 1.54) is 38.6 Å². The average molecular weight is 254 g/mol. The first-order valence-corrected chi connectivity index (χ1v) is 7.92. The molecule has 1 fully saturated rings. The van der Waals surface area contributed by atoms with Gasteiger partial charge in [0.25, 0.3) is 0 Å². The first-order valence-electron chi connectivity index (χ1n) is 7.92. The minimum Gasteiger partial charge on any atom is -0.329 e. The fourth-order valence-electron chi connectivity index (χ4n) is 3.95. The number of rotatable bonds is 7. The van der Waals surface area contributed by atoms with Gasteiger partial charge in [-0.25, -0.2) is 0 Å². The number of nitrogens with zero attached hydrogens (tertiary/aromatic N) is 1. The van der Waals surface area contributed by atoms with Crippen LogP contribution in [0.25, 0.3) is 0 Å². The molecule has 1 saturated carbocycles. The molecule has 108 valence electrons. The van der Waals surface area contributed by atoms with E-state index >= 15 is 0 Å². The van der Waals surface area contributed by atoms with Crippen molar-refractivity contribution in [2.45, 2.75) is 72.3 Å². The number of hydrogen-bond acceptors (Lipinski definition) is 2. The SMILES string of the molecule is CCC(CC)CN(CC)C1(CN)CCCC1(C)C. The van der Waals surface area contributed by atoms with Crippen molar-refractivity contribution in [2.24, 2.45) is 17.1 Å². The topological polar surface area (TPSA) is 29.3 Å². The van der Waals surface area contributed by atoms with Gasteiger partial charge in [0, 0.05) is 18.6 Å². The van der Waals surface area contributed by atoms with Crippen molar-refractivity contribution in [3.05, 3.63) is 0 Å². The Morgan fingerprint density at radius 3 is 2.06 bits per heavy atom. The molecule has 2 N–H and O–H groups in total. The first kappa shape index (κ1) is 16.0. The van der Waals surface area contributed by atoms with Crippen molar-refractivity contribution in [1.82, 2.24) is 4.90 Å². The molecule has 1 rings (SSSR count). The minimum atomic E-state index is 0.240. The molecule has 1 atom stereocenters. The van der Waals surface area contributed by atoms with Gasteiger partial charge in [0.2, 0.25) is 0 Å². The van der Waals surface area contributed by atoms with Crippen LogP contribution in [0.2, 0.25) is 0 Å². The standard InChI is InChI=1S/C16H34N2/c1-6-14(7-2)12-18(8-3)16(13-17)11-9-10-15(16,4)5/h14H,6-13,17H2,1-5H3. The molecule has 0 saturated heterocycles. The maximum Gasteiger partial charge on any atom is 0.0382 e. The van der Waals surface area contributed by atoms with Crippen molar-refractivity contribution >= 4 is 0 Å². The number of nitrogens with two attached hydrogens (primary N) is 1. The summed E-state index contributed by atoms with van der Waals surface area (Å²) in [4.78, 5) is 2.71. The third-order valence-electron chi connectivity index (χ3n) is 5.61. The second kappa shape index (κ2) is 6.38. The normalized spacial score (nSPS) is 27.3. The summed E-state index contributed by atoms with van der Waals surface area (Å²) in [5.74, 6) is 0.824. The van der Waals surface area contributed by atoms with E-state index in [4.69, 9.17) is 5.73 Å². The Balaban J connectivity index is 2.90. The second-order valence-corrected chi connectivity index (χ2v) is 6.69. The Morgan fingerprint density at radius 1 is 1.11 bits per heavy atom. The van der Waals surface area contributed by atoms with E-state index in [9.17, 15) is 0 Å². The van der Waals surface area contributed by atoms with Crippen molar-refractivity contribution < 1.29 is 0 Å². The van der Waals surface area contributed by atoms with Crippen LogP contribution in [0, 0.1) is 11.3 Å². The minimum absolute atomic E-state index is 0.240. The Kier molecular flexibility index (Phi) is 5.67. The molecule has 0 aromatic heterocycles. The monoisotopic (exact) mass is 254 g/mol. The van der Waals surface area contributed by atoms with Gasteiger partial charge >= 0.3 is 0 Å². The van der Waals surface area contributed by atoms with Crippen LogP contribution in [0.1, 0.15) is 66.7 Å². The van der Waals surface area contributed by atoms with Crippen LogP contribution in [0.3, 0.4) is 0 Å². The summed E-state index contributed by atoms with van der Waals surface area (Å²) in [5, 5.41) is 0. The van der Waals surface area contributed by atoms with Crippen molar-refractivity contribution in [3.63, 3.8) is 0 Å². The molecule has 1 unspecified atom stereocenters. The van der Waals surface area contributed by atoms with Gasteiger partial charge in [0.15, 0.2) is 0 Å². The lowest BCUT2D eigenvalue weighted by Gasteiger charge is -2.50. The number of likely N-dealkylation sites (N-methyl/N-ethyl adjacent to an activating group) is 1. The van der Waals surface area contributed by atoms with Gasteiger partial charge in [-0.15, -0.1) is 0 Å². The first-order chi connectivity index (χ1) is 8.47. The molecule has 2 heteroatoms. The highest BCUT2D eigenvalue weighted by atomic mass is 15.2. The van der Waals surface area contributed by atoms with Crippen LogP contribution in [0.4, 0.5) is 0 Å². The van der Waals surface area contributed by atoms with Crippen molar-refractivity contribution in [1.29, 1.82) is 0 Å². The van der Waals surface area contributed by atoms with Gasteiger partial charge in [0.1, 0.15) is 0 Å². The van der Waals surface area contributed by atoms with Gasteiger partial charge in [-0.3, -0.25) is 4.90 Å². The van der Waals surface area contributed by atoms with Crippen LogP contribution >= 0.6 is 0 Å². The van der Waals surface area contributed by atoms with E-state index in [-0.39, 0.29) is 5.54 Å². The largest absolute Gasteiger partial charge is 0.329 e. The van der Waals surface area contributed by atoms with E-state index in [2.05, 4.69) is 39.5 Å². The molecule has 0 radical (unpaired) electrons. The molecule has 18 heavy (non-hydrogen) atoms. The summed E-state index contributed by atoms with van der Waals surface area (Å²) in [7, 11) is 0. The predicted octanol–water partition coefficient (Wildman–Crippen LogP) is 3.65. The molecule has 0 heterocycles. The predicted molar refractivity (Wildman–Crippen MR) is 80.7 cm³/mol. The molecule has 0 bridgehead atoms. The van der Waals surface area contributed by atoms with E-state index in [1.54, 1.807) is 0 Å². The summed E-state index contributed by atoms with van der Waals surface area (Å²) in [6.07, 6.45) is 6.51. The Labute approximate surface area is 114 Å². The van der Waals surface area contributed by atoms with E-state index in [0.717, 1.165) is 19.0 Å². The molecular formula is C16H34N2. The highest BCUT2D eigenvalue weighted by molar-refractivity contribution is 5.07. The maximum atomic E-state index is 6.24. The lowest BCUT2D eigenvalue weighted by molar-refractivity contribution is 0.00454. The van der Waals surface area contributed by atoms with E-state index < -0.39 is 0 Å². The van der Waals surface area contributed by atoms with Gasteiger partial charge in [-0.05, 0) is 30.7 Å². The fraction of sp³-hybridized carbons (Fsp3) is 1.00. The third kappa shape index (κ3) is 2.75. The van der Waals surface area contributed by atoms with Crippen LogP contribution < -0.4 is 5.73 Å². The fourth-order valence-corrected chi connectivity index (χ4v) is 3.95. The molecule has 0 aromatic carbocycles. The van der Waals surface area contributed by atoms with Crippen LogP contribution in [-0.4, -0.2) is 30.1 Å². The van der Waals surface area contributed by atoms with E-state index in [1.807, 2.05) is 0 Å². The second-order valence-electron chi connectivity index (χ2n) is 6.69. The van der Waals surface area contributed by atoms with Gasteiger partial charge in [0.05, 0.1) is 0 Å². The molecular weight excluding hydrogens is 220 g/mol. The van der Waals surface area contributed by atoms with Gasteiger partial charge < -0.3 is 5.73 Å². The summed E-state index contributed by atoms with van der Waals surface area (Å²) in [5.41, 5.74) is 6.84. The zero-order valence-corrected chi connectivity index (χ0v) is 13.3. The van der Waals surface area contributed by atoms with Crippen LogP contribution in [0.15, 0.2) is 0 Å². The Hall–Kier alpha value is -0.0800. The molecule has 0 aromatic rings. The molecule has 0 amide bonds. The highest BCUT2D eigenvalue weighted by Crippen LogP contribution is 2.49. The molecule has 0 aliphatic heterocycles. The zero-order chi connectivity index (χ0) is 13.8. The Bertz CT molecular complexity index is 245. The number of hydrogen-bond donors (Lipinski definition) is 1. The Morgan fingerprint density at radius 2 is 1.72 bits per heavy atom. The molecule has 1 aliphatic rings. The molecule has 1 aliphatic carbocycles. The zero-order valence-electron chi connectivity index (χ0n) is 13.3. The average Bonchev–Trinajstić information content (AvgIpc) is 2.67. The van der Waals surface area contributed by atoms with Crippen molar-refractivity contribution in [2.75, 3.05) is 19.6 Å². The molecule has 0 spiro atoms. The highest BCUT2D eigenvalue weighted by Gasteiger charge is 2.51. The lowest BCUT2D eigenvalue weighted by atomic mass is 9.73. The molecule has 2 nitrogen and oxygen atoms in total. The summed E-state index contributed by atoms with van der Waals surface area (Å²) in [6, 6.07) is 0. The van der Waals surface area contributed by atoms with Gasteiger partial charge in [-0.2, -0.15) is 0 Å². The summed E-state index contributed by atoms with van der Waals surface area (Å²) in [6.45, 7) is 14.9. The van der Waals surface area contributed by atoms with Crippen LogP contribution in [0.5, 0.6) is 0 Å². The van der Waals surface area contributed by atoms with E-state index in [0.29, 0.717) is 5.41 Å². The lowest BCUT2D eigenvalue weighted by Crippen LogP contribution is -2.60. The third-order valence-corrected chi connectivity index (χ3v) is 5.61. The summed E-state index contributed by atoms with van der Waals surface area (Å²) >= 11 is 0. The smallest absolute Gasteiger partial charge is 0.0382 e. The summed E-state index contributed by atoms with van der Waals surface area (Å²) < 4.78 is 0. The van der Waals surface area contributed by atoms with Gasteiger partial charge in [-0.1, -0.05) is 53.9 Å². The maximum absolute atomic E-state index is 6.24. The van der Waals surface area contributed by atoms with Crippen molar-refractivity contribution in [3.8, 4) is 0 Å².